The van der Waals surface area contributed by atoms with Crippen molar-refractivity contribution in [2.75, 3.05) is 66.4 Å². The van der Waals surface area contributed by atoms with Crippen LogP contribution in [-0.2, 0) is 4.74 Å². The van der Waals surface area contributed by atoms with E-state index < -0.39 is 5.54 Å². The number of piperidine rings is 1. The number of aromatic nitrogens is 2. The summed E-state index contributed by atoms with van der Waals surface area (Å²) in [5.41, 5.74) is 0.828. The molecule has 5 rings (SSSR count). The number of aliphatic hydroxyl groups is 1. The number of carbonyl (C=O) groups excluding carboxylic acids is 1. The second-order valence-electron chi connectivity index (χ2n) is 11.0. The van der Waals surface area contributed by atoms with Crippen LogP contribution in [0.3, 0.4) is 0 Å². The number of aliphatic hydroxyl groups excluding tert-OH is 1. The van der Waals surface area contributed by atoms with Gasteiger partial charge in [-0.25, -0.2) is 9.97 Å². The number of nitrogens with one attached hydrogen (secondary N) is 2. The van der Waals surface area contributed by atoms with E-state index in [4.69, 9.17) is 9.72 Å². The summed E-state index contributed by atoms with van der Waals surface area (Å²) in [7, 11) is 0. The normalized spacial score (nSPS) is 18.9. The average molecular weight is 506 g/mol. The topological polar surface area (TPSA) is 127 Å². The molecule has 0 bridgehead atoms. The lowest BCUT2D eigenvalue weighted by Gasteiger charge is -2.34. The van der Waals surface area contributed by atoms with Crippen LogP contribution < -0.4 is 20.4 Å². The number of pyridine rings is 2. The predicted molar refractivity (Wildman–Crippen MR) is 142 cm³/mol. The zero-order valence-corrected chi connectivity index (χ0v) is 21.6. The van der Waals surface area contributed by atoms with Gasteiger partial charge in [0.2, 0.25) is 0 Å². The van der Waals surface area contributed by atoms with Gasteiger partial charge in [0.15, 0.2) is 0 Å². The fourth-order valence-electron chi connectivity index (χ4n) is 4.97. The first-order valence-electron chi connectivity index (χ1n) is 13.0. The Labute approximate surface area is 217 Å². The number of amides is 1. The second kappa shape index (κ2) is 10.1. The maximum absolute atomic E-state index is 13.6. The van der Waals surface area contributed by atoms with Gasteiger partial charge < -0.3 is 30.3 Å². The first kappa shape index (κ1) is 25.2. The maximum atomic E-state index is 13.6. The van der Waals surface area contributed by atoms with Crippen molar-refractivity contribution in [3.05, 3.63) is 35.4 Å². The lowest BCUT2D eigenvalue weighted by Crippen LogP contribution is -2.38. The number of carbonyl (C=O) groups is 1. The average Bonchev–Trinajstić information content (AvgIpc) is 3.67. The zero-order valence-electron chi connectivity index (χ0n) is 21.6. The molecule has 10 nitrogen and oxygen atoms in total. The number of morpholine rings is 1. The molecule has 1 aliphatic carbocycles. The molecule has 1 saturated carbocycles. The van der Waals surface area contributed by atoms with Crippen molar-refractivity contribution in [3.63, 3.8) is 0 Å². The van der Waals surface area contributed by atoms with Crippen LogP contribution in [0.1, 0.15) is 55.5 Å². The van der Waals surface area contributed by atoms with Crippen LogP contribution >= 0.6 is 0 Å². The van der Waals surface area contributed by atoms with Gasteiger partial charge in [-0.1, -0.05) is 0 Å². The van der Waals surface area contributed by atoms with E-state index in [0.717, 1.165) is 25.9 Å². The molecule has 37 heavy (non-hydrogen) atoms. The summed E-state index contributed by atoms with van der Waals surface area (Å²) in [4.78, 5) is 27.3. The summed E-state index contributed by atoms with van der Waals surface area (Å²) in [5.74, 6) is 1.88. The van der Waals surface area contributed by atoms with Crippen LogP contribution in [-0.4, -0.2) is 72.5 Å². The quantitative estimate of drug-likeness (QED) is 0.520. The second-order valence-corrected chi connectivity index (χ2v) is 11.0. The highest BCUT2D eigenvalue weighted by Gasteiger charge is 2.45. The van der Waals surface area contributed by atoms with E-state index in [1.165, 1.54) is 12.8 Å². The number of rotatable bonds is 7. The molecule has 0 aromatic carbocycles. The Morgan fingerprint density at radius 3 is 2.46 bits per heavy atom. The number of hydrogen-bond donors (Lipinski definition) is 3. The molecule has 1 spiro atoms. The largest absolute Gasteiger partial charge is 0.394 e. The number of anilines is 4. The van der Waals surface area contributed by atoms with Gasteiger partial charge in [-0.2, -0.15) is 5.26 Å². The molecule has 3 N–H and O–H groups in total. The van der Waals surface area contributed by atoms with Crippen LogP contribution in [0.15, 0.2) is 24.3 Å². The summed E-state index contributed by atoms with van der Waals surface area (Å²) in [6.07, 6.45) is 4.79. The molecule has 10 heteroatoms. The molecule has 0 atom stereocenters. The standard InChI is InChI=1S/C27H35N7O3/c1-26(2,18-35)32-21-4-3-20(24(30-21)34-9-7-27(5-6-27)8-10-34)25(36)31-22-15-19(17-28)16-23(29-22)33-11-13-37-14-12-33/h3-4,15-16,35H,5-14,18H2,1-2H3,(H,30,32)(H,29,31,36). The smallest absolute Gasteiger partial charge is 0.260 e. The molecule has 4 heterocycles. The van der Waals surface area contributed by atoms with Gasteiger partial charge in [0, 0.05) is 26.2 Å². The number of hydrogen-bond acceptors (Lipinski definition) is 9. The Kier molecular flexibility index (Phi) is 6.92. The Morgan fingerprint density at radius 2 is 1.81 bits per heavy atom. The van der Waals surface area contributed by atoms with E-state index in [1.807, 2.05) is 13.8 Å². The van der Waals surface area contributed by atoms with Gasteiger partial charge in [0.1, 0.15) is 23.3 Å². The van der Waals surface area contributed by atoms with Crippen molar-refractivity contribution in [1.29, 1.82) is 5.26 Å². The predicted octanol–water partition coefficient (Wildman–Crippen LogP) is 3.00. The van der Waals surface area contributed by atoms with Crippen molar-refractivity contribution >= 4 is 29.2 Å². The molecular weight excluding hydrogens is 470 g/mol. The lowest BCUT2D eigenvalue weighted by atomic mass is 9.93. The minimum Gasteiger partial charge on any atom is -0.394 e. The van der Waals surface area contributed by atoms with E-state index >= 15 is 0 Å². The van der Waals surface area contributed by atoms with Crippen molar-refractivity contribution < 1.29 is 14.6 Å². The van der Waals surface area contributed by atoms with Crippen LogP contribution in [0.2, 0.25) is 0 Å². The van der Waals surface area contributed by atoms with Gasteiger partial charge >= 0.3 is 0 Å². The fraction of sp³-hybridized carbons (Fsp3) is 0.556. The van der Waals surface area contributed by atoms with Crippen LogP contribution in [0.5, 0.6) is 0 Å². The summed E-state index contributed by atoms with van der Waals surface area (Å²) in [5, 5.41) is 25.4. The van der Waals surface area contributed by atoms with Gasteiger partial charge in [-0.15, -0.1) is 0 Å². The summed E-state index contributed by atoms with van der Waals surface area (Å²) >= 11 is 0. The third-order valence-corrected chi connectivity index (χ3v) is 7.58. The molecular formula is C27H35N7O3. The third-order valence-electron chi connectivity index (χ3n) is 7.58. The molecule has 2 aromatic rings. The molecule has 2 saturated heterocycles. The third kappa shape index (κ3) is 5.78. The number of nitriles is 1. The van der Waals surface area contributed by atoms with Crippen LogP contribution in [0.25, 0.3) is 0 Å². The van der Waals surface area contributed by atoms with Gasteiger partial charge in [-0.3, -0.25) is 4.79 Å². The minimum absolute atomic E-state index is 0.0507. The van der Waals surface area contributed by atoms with E-state index in [1.54, 1.807) is 24.3 Å². The molecule has 3 fully saturated rings. The maximum Gasteiger partial charge on any atom is 0.260 e. The summed E-state index contributed by atoms with van der Waals surface area (Å²) in [6.45, 7) is 7.99. The van der Waals surface area contributed by atoms with Crippen molar-refractivity contribution in [2.24, 2.45) is 5.41 Å². The summed E-state index contributed by atoms with van der Waals surface area (Å²) < 4.78 is 5.43. The molecule has 3 aliphatic rings. The monoisotopic (exact) mass is 505 g/mol. The highest BCUT2D eigenvalue weighted by molar-refractivity contribution is 6.07. The Morgan fingerprint density at radius 1 is 1.08 bits per heavy atom. The van der Waals surface area contributed by atoms with Crippen LogP contribution in [0, 0.1) is 16.7 Å². The van der Waals surface area contributed by atoms with Crippen molar-refractivity contribution in [3.8, 4) is 6.07 Å². The molecule has 196 valence electrons. The Balaban J connectivity index is 1.42. The highest BCUT2D eigenvalue weighted by atomic mass is 16.5. The molecule has 2 aliphatic heterocycles. The highest BCUT2D eigenvalue weighted by Crippen LogP contribution is 2.54. The first-order valence-corrected chi connectivity index (χ1v) is 13.0. The van der Waals surface area contributed by atoms with Crippen molar-refractivity contribution in [1.82, 2.24) is 9.97 Å². The van der Waals surface area contributed by atoms with E-state index in [2.05, 4.69) is 31.5 Å². The first-order chi connectivity index (χ1) is 17.8. The fourth-order valence-corrected chi connectivity index (χ4v) is 4.97. The summed E-state index contributed by atoms with van der Waals surface area (Å²) in [6, 6.07) is 9.03. The van der Waals surface area contributed by atoms with E-state index in [9.17, 15) is 15.2 Å². The van der Waals surface area contributed by atoms with Gasteiger partial charge in [-0.05, 0) is 69.2 Å². The molecule has 1 amide bonds. The Bertz CT molecular complexity index is 1190. The molecule has 2 aromatic heterocycles. The van der Waals surface area contributed by atoms with Gasteiger partial charge in [0.25, 0.3) is 5.91 Å². The minimum atomic E-state index is -0.550. The van der Waals surface area contributed by atoms with E-state index in [-0.39, 0.29) is 12.5 Å². The SMILES string of the molecule is CC(C)(CO)Nc1ccc(C(=O)Nc2cc(C#N)cc(N3CCOCC3)n2)c(N2CCC3(CC2)CC3)n1. The molecule has 0 radical (unpaired) electrons. The number of ether oxygens (including phenoxy) is 1. The lowest BCUT2D eigenvalue weighted by molar-refractivity contribution is 0.102. The van der Waals surface area contributed by atoms with Crippen LogP contribution in [0.4, 0.5) is 23.3 Å². The zero-order chi connectivity index (χ0) is 26.0. The molecule has 0 unspecified atom stereocenters. The Hall–Kier alpha value is -3.42. The number of nitrogens with zero attached hydrogens (tertiary/aromatic N) is 5. The van der Waals surface area contributed by atoms with Crippen molar-refractivity contribution in [2.45, 2.75) is 45.1 Å². The van der Waals surface area contributed by atoms with E-state index in [0.29, 0.717) is 66.1 Å². The van der Waals surface area contributed by atoms with Gasteiger partial charge in [0.05, 0.1) is 42.6 Å².